The molecule has 0 aromatic heterocycles. The quantitative estimate of drug-likeness (QED) is 0.717. The van der Waals surface area contributed by atoms with Gasteiger partial charge in [-0.3, -0.25) is 0 Å². The average molecular weight is 287 g/mol. The molecule has 0 amide bonds. The molecule has 0 spiro atoms. The van der Waals surface area contributed by atoms with Gasteiger partial charge in [0, 0.05) is 11.5 Å². The lowest BCUT2D eigenvalue weighted by molar-refractivity contribution is 0.149. The minimum atomic E-state index is 0.391. The molecule has 0 heterocycles. The second-order valence-electron chi connectivity index (χ2n) is 7.98. The van der Waals surface area contributed by atoms with E-state index in [9.17, 15) is 0 Å². The molecule has 1 heteroatoms. The summed E-state index contributed by atoms with van der Waals surface area (Å²) in [5.41, 5.74) is 2.37. The van der Waals surface area contributed by atoms with E-state index in [1.807, 2.05) is 0 Å². The molecule has 2 rings (SSSR count). The predicted octanol–water partition coefficient (Wildman–Crippen LogP) is 5.30. The molecule has 1 saturated carbocycles. The van der Waals surface area contributed by atoms with Crippen LogP contribution in [0.3, 0.4) is 0 Å². The highest BCUT2D eigenvalue weighted by Crippen LogP contribution is 2.48. The summed E-state index contributed by atoms with van der Waals surface area (Å²) in [4.78, 5) is 0. The molecule has 1 aromatic carbocycles. The van der Waals surface area contributed by atoms with Crippen LogP contribution in [0.15, 0.2) is 30.3 Å². The normalized spacial score (nSPS) is 19.0. The Bertz CT molecular complexity index is 411. The van der Waals surface area contributed by atoms with Gasteiger partial charge in [0.15, 0.2) is 0 Å². The molecule has 1 nitrogen and oxygen atoms in total. The standard InChI is InChI=1S/C20H33N/c1-5-16-21-18(12-15-19(2,3)4)20(13-9-14-20)17-10-7-6-8-11-17/h6-8,10-11,18,21H,5,9,12-16H2,1-4H3. The second kappa shape index (κ2) is 6.96. The Morgan fingerprint density at radius 3 is 2.29 bits per heavy atom. The SMILES string of the molecule is CCCNC(CCC(C)(C)C)C1(c2ccccc2)CCC1. The monoisotopic (exact) mass is 287 g/mol. The van der Waals surface area contributed by atoms with E-state index in [1.165, 1.54) is 38.5 Å². The zero-order valence-electron chi connectivity index (χ0n) is 14.4. The van der Waals surface area contributed by atoms with Crippen LogP contribution in [0.2, 0.25) is 0 Å². The molecule has 118 valence electrons. The van der Waals surface area contributed by atoms with Crippen LogP contribution in [0.5, 0.6) is 0 Å². The van der Waals surface area contributed by atoms with Crippen LogP contribution in [0.1, 0.15) is 71.8 Å². The van der Waals surface area contributed by atoms with Crippen molar-refractivity contribution < 1.29 is 0 Å². The molecule has 1 atom stereocenters. The van der Waals surface area contributed by atoms with Gasteiger partial charge in [0.2, 0.25) is 0 Å². The van der Waals surface area contributed by atoms with Crippen molar-refractivity contribution in [2.75, 3.05) is 6.54 Å². The third kappa shape index (κ3) is 4.10. The van der Waals surface area contributed by atoms with Crippen molar-refractivity contribution in [1.29, 1.82) is 0 Å². The van der Waals surface area contributed by atoms with Crippen molar-refractivity contribution in [3.05, 3.63) is 35.9 Å². The Labute approximate surface area is 131 Å². The van der Waals surface area contributed by atoms with E-state index < -0.39 is 0 Å². The van der Waals surface area contributed by atoms with Crippen LogP contribution in [-0.4, -0.2) is 12.6 Å². The van der Waals surface area contributed by atoms with Crippen LogP contribution < -0.4 is 5.32 Å². The van der Waals surface area contributed by atoms with E-state index in [4.69, 9.17) is 0 Å². The molecular weight excluding hydrogens is 254 g/mol. The van der Waals surface area contributed by atoms with Crippen LogP contribution in [0.25, 0.3) is 0 Å². The number of rotatable bonds is 7. The van der Waals surface area contributed by atoms with Gasteiger partial charge in [0.25, 0.3) is 0 Å². The Morgan fingerprint density at radius 2 is 1.81 bits per heavy atom. The second-order valence-corrected chi connectivity index (χ2v) is 7.98. The summed E-state index contributed by atoms with van der Waals surface area (Å²) in [7, 11) is 0. The first-order chi connectivity index (χ1) is 9.98. The van der Waals surface area contributed by atoms with Gasteiger partial charge >= 0.3 is 0 Å². The van der Waals surface area contributed by atoms with Gasteiger partial charge in [-0.05, 0) is 49.6 Å². The number of hydrogen-bond acceptors (Lipinski definition) is 1. The van der Waals surface area contributed by atoms with Crippen LogP contribution >= 0.6 is 0 Å². The van der Waals surface area contributed by atoms with Gasteiger partial charge in [-0.2, -0.15) is 0 Å². The maximum Gasteiger partial charge on any atom is 0.0164 e. The van der Waals surface area contributed by atoms with Crippen molar-refractivity contribution in [3.8, 4) is 0 Å². The molecule has 1 aromatic rings. The fraction of sp³-hybridized carbons (Fsp3) is 0.700. The maximum absolute atomic E-state index is 3.88. The van der Waals surface area contributed by atoms with Crippen LogP contribution in [0.4, 0.5) is 0 Å². The van der Waals surface area contributed by atoms with Gasteiger partial charge in [-0.25, -0.2) is 0 Å². The van der Waals surface area contributed by atoms with Crippen LogP contribution in [0, 0.1) is 5.41 Å². The van der Waals surface area contributed by atoms with Crippen molar-refractivity contribution in [2.24, 2.45) is 5.41 Å². The Kier molecular flexibility index (Phi) is 5.48. The molecule has 1 unspecified atom stereocenters. The maximum atomic E-state index is 3.88. The minimum absolute atomic E-state index is 0.391. The van der Waals surface area contributed by atoms with E-state index in [0.717, 1.165) is 6.54 Å². The first-order valence-corrected chi connectivity index (χ1v) is 8.77. The molecule has 1 aliphatic rings. The summed E-state index contributed by atoms with van der Waals surface area (Å²) in [5.74, 6) is 0. The summed E-state index contributed by atoms with van der Waals surface area (Å²) in [6.07, 6.45) is 7.89. The predicted molar refractivity (Wildman–Crippen MR) is 92.7 cm³/mol. The zero-order chi connectivity index (χ0) is 15.3. The van der Waals surface area contributed by atoms with Gasteiger partial charge in [-0.1, -0.05) is 64.4 Å². The third-order valence-electron chi connectivity index (χ3n) is 5.09. The van der Waals surface area contributed by atoms with Gasteiger partial charge in [0.05, 0.1) is 0 Å². The van der Waals surface area contributed by atoms with E-state index >= 15 is 0 Å². The smallest absolute Gasteiger partial charge is 0.0164 e. The number of nitrogens with one attached hydrogen (secondary N) is 1. The molecular formula is C20H33N. The minimum Gasteiger partial charge on any atom is -0.313 e. The molecule has 21 heavy (non-hydrogen) atoms. The summed E-state index contributed by atoms with van der Waals surface area (Å²) < 4.78 is 0. The Balaban J connectivity index is 2.16. The average Bonchev–Trinajstić information content (AvgIpc) is 2.40. The Hall–Kier alpha value is -0.820. The lowest BCUT2D eigenvalue weighted by atomic mass is 9.59. The summed E-state index contributed by atoms with van der Waals surface area (Å²) in [6, 6.07) is 11.9. The van der Waals surface area contributed by atoms with Gasteiger partial charge in [-0.15, -0.1) is 0 Å². The highest BCUT2D eigenvalue weighted by Gasteiger charge is 2.44. The lowest BCUT2D eigenvalue weighted by Crippen LogP contribution is -2.53. The van der Waals surface area contributed by atoms with Crippen molar-refractivity contribution in [2.45, 2.75) is 77.7 Å². The molecule has 0 saturated heterocycles. The van der Waals surface area contributed by atoms with Crippen molar-refractivity contribution in [3.63, 3.8) is 0 Å². The summed E-state index contributed by atoms with van der Waals surface area (Å²) >= 11 is 0. The molecule has 0 bridgehead atoms. The number of benzene rings is 1. The van der Waals surface area contributed by atoms with Gasteiger partial charge < -0.3 is 5.32 Å². The topological polar surface area (TPSA) is 12.0 Å². The fourth-order valence-corrected chi connectivity index (χ4v) is 3.64. The number of hydrogen-bond donors (Lipinski definition) is 1. The van der Waals surface area contributed by atoms with E-state index in [-0.39, 0.29) is 0 Å². The van der Waals surface area contributed by atoms with Crippen molar-refractivity contribution >= 4 is 0 Å². The first-order valence-electron chi connectivity index (χ1n) is 8.77. The van der Waals surface area contributed by atoms with E-state index in [0.29, 0.717) is 16.9 Å². The van der Waals surface area contributed by atoms with Crippen molar-refractivity contribution in [1.82, 2.24) is 5.32 Å². The third-order valence-corrected chi connectivity index (χ3v) is 5.09. The van der Waals surface area contributed by atoms with Crippen LogP contribution in [-0.2, 0) is 5.41 Å². The molecule has 0 aliphatic heterocycles. The first kappa shape index (κ1) is 16.5. The van der Waals surface area contributed by atoms with Gasteiger partial charge in [0.1, 0.15) is 0 Å². The van der Waals surface area contributed by atoms with E-state index in [2.05, 4.69) is 63.3 Å². The lowest BCUT2D eigenvalue weighted by Gasteiger charge is -2.49. The molecule has 1 fully saturated rings. The highest BCUT2D eigenvalue weighted by molar-refractivity contribution is 5.30. The Morgan fingerprint density at radius 1 is 1.14 bits per heavy atom. The van der Waals surface area contributed by atoms with E-state index in [1.54, 1.807) is 5.56 Å². The molecule has 1 N–H and O–H groups in total. The summed E-state index contributed by atoms with van der Waals surface area (Å²) in [6.45, 7) is 10.5. The molecule has 1 aliphatic carbocycles. The largest absolute Gasteiger partial charge is 0.313 e. The fourth-order valence-electron chi connectivity index (χ4n) is 3.64. The summed E-state index contributed by atoms with van der Waals surface area (Å²) in [5, 5.41) is 3.88. The highest BCUT2D eigenvalue weighted by atomic mass is 14.9. The molecule has 0 radical (unpaired) electrons. The zero-order valence-corrected chi connectivity index (χ0v) is 14.4.